The molecule has 15 heavy (non-hydrogen) atoms. The molecule has 3 heteroatoms. The van der Waals surface area contributed by atoms with Crippen LogP contribution in [0.15, 0.2) is 42.7 Å². The minimum absolute atomic E-state index is 1.09. The Morgan fingerprint density at radius 1 is 1.20 bits per heavy atom. The van der Waals surface area contributed by atoms with Crippen LogP contribution in [-0.4, -0.2) is 8.94 Å². The van der Waals surface area contributed by atoms with Crippen molar-refractivity contribution in [3.8, 4) is 11.3 Å². The predicted molar refractivity (Wildman–Crippen MR) is 64.0 cm³/mol. The van der Waals surface area contributed by atoms with Crippen molar-refractivity contribution >= 4 is 21.6 Å². The summed E-state index contributed by atoms with van der Waals surface area (Å²) < 4.78 is 7.80. The molecule has 0 unspecified atom stereocenters. The molecule has 0 spiro atoms. The Morgan fingerprint density at radius 2 is 2.07 bits per heavy atom. The molecule has 0 aliphatic heterocycles. The molecule has 0 amide bonds. The van der Waals surface area contributed by atoms with Crippen molar-refractivity contribution in [2.75, 3.05) is 0 Å². The van der Waals surface area contributed by atoms with Gasteiger partial charge in [0.2, 0.25) is 0 Å². The van der Waals surface area contributed by atoms with E-state index in [2.05, 4.69) is 40.9 Å². The van der Waals surface area contributed by atoms with Crippen LogP contribution in [0.4, 0.5) is 0 Å². The Bertz CT molecular complexity index is 607. The standard InChI is InChI=1S/C12H10N2S/c1-14-7-6-9(8-14)12-10-4-2-3-5-11(10)15-13-12/h2-8H,1H3. The van der Waals surface area contributed by atoms with Gasteiger partial charge in [-0.05, 0) is 23.7 Å². The van der Waals surface area contributed by atoms with Gasteiger partial charge in [0, 0.05) is 30.4 Å². The van der Waals surface area contributed by atoms with Crippen LogP contribution in [0.5, 0.6) is 0 Å². The lowest BCUT2D eigenvalue weighted by atomic mass is 10.1. The summed E-state index contributed by atoms with van der Waals surface area (Å²) in [6, 6.07) is 10.4. The highest BCUT2D eigenvalue weighted by molar-refractivity contribution is 7.13. The van der Waals surface area contributed by atoms with Gasteiger partial charge in [0.05, 0.1) is 10.4 Å². The molecule has 2 heterocycles. The Labute approximate surface area is 92.0 Å². The van der Waals surface area contributed by atoms with Crippen molar-refractivity contribution < 1.29 is 0 Å². The lowest BCUT2D eigenvalue weighted by Gasteiger charge is -1.92. The molecule has 0 aliphatic carbocycles. The first-order valence-corrected chi connectivity index (χ1v) is 5.59. The van der Waals surface area contributed by atoms with E-state index >= 15 is 0 Å². The van der Waals surface area contributed by atoms with E-state index in [1.165, 1.54) is 15.6 Å². The fraction of sp³-hybridized carbons (Fsp3) is 0.0833. The smallest absolute Gasteiger partial charge is 0.0934 e. The zero-order chi connectivity index (χ0) is 10.3. The van der Waals surface area contributed by atoms with Crippen molar-refractivity contribution in [1.82, 2.24) is 8.94 Å². The van der Waals surface area contributed by atoms with E-state index in [0.29, 0.717) is 0 Å². The maximum atomic E-state index is 4.51. The zero-order valence-electron chi connectivity index (χ0n) is 8.34. The fourth-order valence-electron chi connectivity index (χ4n) is 1.74. The van der Waals surface area contributed by atoms with Crippen LogP contribution in [0.25, 0.3) is 21.3 Å². The highest BCUT2D eigenvalue weighted by Crippen LogP contribution is 2.30. The number of aryl methyl sites for hydroxylation is 1. The number of benzene rings is 1. The molecule has 3 aromatic rings. The summed E-state index contributed by atoms with van der Waals surface area (Å²) in [6.07, 6.45) is 4.14. The Kier molecular flexibility index (Phi) is 1.86. The Hall–Kier alpha value is -1.61. The van der Waals surface area contributed by atoms with E-state index in [4.69, 9.17) is 0 Å². The van der Waals surface area contributed by atoms with E-state index in [1.54, 1.807) is 11.5 Å². The molecular weight excluding hydrogens is 204 g/mol. The van der Waals surface area contributed by atoms with Crippen molar-refractivity contribution in [2.45, 2.75) is 0 Å². The number of hydrogen-bond donors (Lipinski definition) is 0. The van der Waals surface area contributed by atoms with Crippen molar-refractivity contribution in [3.05, 3.63) is 42.7 Å². The lowest BCUT2D eigenvalue weighted by molar-refractivity contribution is 0.928. The molecule has 0 saturated carbocycles. The number of rotatable bonds is 1. The van der Waals surface area contributed by atoms with Gasteiger partial charge in [0.1, 0.15) is 0 Å². The average molecular weight is 214 g/mol. The second-order valence-electron chi connectivity index (χ2n) is 3.59. The van der Waals surface area contributed by atoms with Crippen LogP contribution in [0.1, 0.15) is 0 Å². The van der Waals surface area contributed by atoms with Crippen LogP contribution in [-0.2, 0) is 7.05 Å². The highest BCUT2D eigenvalue weighted by Gasteiger charge is 2.07. The summed E-state index contributed by atoms with van der Waals surface area (Å²) in [5.74, 6) is 0. The molecule has 0 bridgehead atoms. The largest absolute Gasteiger partial charge is 0.357 e. The summed E-state index contributed by atoms with van der Waals surface area (Å²) in [5, 5.41) is 1.24. The predicted octanol–water partition coefficient (Wildman–Crippen LogP) is 3.30. The maximum Gasteiger partial charge on any atom is 0.0934 e. The van der Waals surface area contributed by atoms with Crippen LogP contribution >= 0.6 is 11.5 Å². The number of hydrogen-bond acceptors (Lipinski definition) is 2. The molecule has 0 radical (unpaired) electrons. The van der Waals surface area contributed by atoms with Crippen LogP contribution in [0.3, 0.4) is 0 Å². The second kappa shape index (κ2) is 3.21. The Morgan fingerprint density at radius 3 is 2.87 bits per heavy atom. The SMILES string of the molecule is Cn1ccc(-c2nsc3ccccc23)c1. The molecule has 1 aromatic carbocycles. The van der Waals surface area contributed by atoms with Crippen molar-refractivity contribution in [1.29, 1.82) is 0 Å². The molecule has 0 aliphatic rings. The van der Waals surface area contributed by atoms with Gasteiger partial charge in [-0.15, -0.1) is 0 Å². The first-order chi connectivity index (χ1) is 7.34. The van der Waals surface area contributed by atoms with Crippen LogP contribution in [0, 0.1) is 0 Å². The summed E-state index contributed by atoms with van der Waals surface area (Å²) in [4.78, 5) is 0. The maximum absolute atomic E-state index is 4.51. The third-order valence-corrected chi connectivity index (χ3v) is 3.31. The topological polar surface area (TPSA) is 17.8 Å². The quantitative estimate of drug-likeness (QED) is 0.607. The molecule has 0 fully saturated rings. The van der Waals surface area contributed by atoms with E-state index < -0.39 is 0 Å². The normalized spacial score (nSPS) is 11.0. The third-order valence-electron chi connectivity index (χ3n) is 2.48. The van der Waals surface area contributed by atoms with E-state index in [-0.39, 0.29) is 0 Å². The van der Waals surface area contributed by atoms with E-state index in [1.807, 2.05) is 17.8 Å². The molecule has 0 atom stereocenters. The molecule has 0 saturated heterocycles. The monoisotopic (exact) mass is 214 g/mol. The summed E-state index contributed by atoms with van der Waals surface area (Å²) in [5.41, 5.74) is 2.28. The van der Waals surface area contributed by atoms with E-state index in [0.717, 1.165) is 5.69 Å². The van der Waals surface area contributed by atoms with Crippen molar-refractivity contribution in [2.24, 2.45) is 7.05 Å². The van der Waals surface area contributed by atoms with Crippen LogP contribution < -0.4 is 0 Å². The number of fused-ring (bicyclic) bond motifs is 1. The van der Waals surface area contributed by atoms with Gasteiger partial charge in [0.15, 0.2) is 0 Å². The molecule has 74 valence electrons. The van der Waals surface area contributed by atoms with Crippen LogP contribution in [0.2, 0.25) is 0 Å². The fourth-order valence-corrected chi connectivity index (χ4v) is 2.53. The minimum Gasteiger partial charge on any atom is -0.357 e. The summed E-state index contributed by atoms with van der Waals surface area (Å²) >= 11 is 1.56. The van der Waals surface area contributed by atoms with Gasteiger partial charge in [-0.25, -0.2) is 0 Å². The molecule has 0 N–H and O–H groups in total. The molecule has 2 aromatic heterocycles. The van der Waals surface area contributed by atoms with E-state index in [9.17, 15) is 0 Å². The number of nitrogens with zero attached hydrogens (tertiary/aromatic N) is 2. The first-order valence-electron chi connectivity index (χ1n) is 4.81. The lowest BCUT2D eigenvalue weighted by Crippen LogP contribution is -1.78. The average Bonchev–Trinajstić information content (AvgIpc) is 2.83. The first kappa shape index (κ1) is 8.68. The van der Waals surface area contributed by atoms with Gasteiger partial charge >= 0.3 is 0 Å². The van der Waals surface area contributed by atoms with Gasteiger partial charge < -0.3 is 4.57 Å². The van der Waals surface area contributed by atoms with Gasteiger partial charge in [-0.2, -0.15) is 4.37 Å². The van der Waals surface area contributed by atoms with Gasteiger partial charge in [0.25, 0.3) is 0 Å². The third kappa shape index (κ3) is 1.36. The molecule has 2 nitrogen and oxygen atoms in total. The molecular formula is C12H10N2S. The Balaban J connectivity index is 2.27. The summed E-state index contributed by atoms with van der Waals surface area (Å²) in [6.45, 7) is 0. The number of aromatic nitrogens is 2. The minimum atomic E-state index is 1.09. The molecule has 3 rings (SSSR count). The van der Waals surface area contributed by atoms with Crippen molar-refractivity contribution in [3.63, 3.8) is 0 Å². The zero-order valence-corrected chi connectivity index (χ0v) is 9.16. The second-order valence-corrected chi connectivity index (χ2v) is 4.40. The summed E-state index contributed by atoms with van der Waals surface area (Å²) in [7, 11) is 2.03. The van der Waals surface area contributed by atoms with Gasteiger partial charge in [-0.3, -0.25) is 0 Å². The van der Waals surface area contributed by atoms with Gasteiger partial charge in [-0.1, -0.05) is 18.2 Å². The highest BCUT2D eigenvalue weighted by atomic mass is 32.1.